The molecule has 0 aliphatic heterocycles. The number of benzene rings is 2. The second-order valence-corrected chi connectivity index (χ2v) is 7.45. The van der Waals surface area contributed by atoms with Gasteiger partial charge in [0.2, 0.25) is 0 Å². The van der Waals surface area contributed by atoms with Crippen LogP contribution in [0.5, 0.6) is 11.5 Å². The lowest BCUT2D eigenvalue weighted by atomic mass is 9.97. The minimum Gasteiger partial charge on any atom is -0.493 e. The van der Waals surface area contributed by atoms with Crippen LogP contribution in [0.4, 0.5) is 4.39 Å². The number of ether oxygens (including phenoxy) is 2. The molecule has 0 spiro atoms. The highest BCUT2D eigenvalue weighted by molar-refractivity contribution is 6.31. The van der Waals surface area contributed by atoms with E-state index in [0.717, 1.165) is 24.1 Å². The third kappa shape index (κ3) is 5.98. The van der Waals surface area contributed by atoms with E-state index in [0.29, 0.717) is 29.7 Å². The second kappa shape index (κ2) is 10.5. The van der Waals surface area contributed by atoms with Crippen LogP contribution in [0.15, 0.2) is 48.0 Å². The van der Waals surface area contributed by atoms with Crippen LogP contribution >= 0.6 is 11.6 Å². The molecular weight excluding hydrogens is 377 g/mol. The number of rotatable bonds is 9. The molecule has 0 saturated heterocycles. The molecule has 0 saturated carbocycles. The molecule has 0 amide bonds. The highest BCUT2D eigenvalue weighted by atomic mass is 35.5. The topological polar surface area (TPSA) is 30.5 Å². The smallest absolute Gasteiger partial charge is 0.163 e. The fourth-order valence-electron chi connectivity index (χ4n) is 3.33. The number of nitrogens with one attached hydrogen (secondary N) is 1. The number of hydrogen-bond donors (Lipinski definition) is 1. The molecule has 0 heterocycles. The minimum absolute atomic E-state index is 0.263. The molecule has 0 bridgehead atoms. The van der Waals surface area contributed by atoms with Gasteiger partial charge in [0, 0.05) is 17.6 Å². The normalized spacial score (nSPS) is 13.9. The average molecular weight is 404 g/mol. The van der Waals surface area contributed by atoms with Crippen molar-refractivity contribution in [1.29, 1.82) is 0 Å². The first kappa shape index (κ1) is 20.7. The fourth-order valence-corrected chi connectivity index (χ4v) is 3.55. The van der Waals surface area contributed by atoms with E-state index in [-0.39, 0.29) is 5.82 Å². The van der Waals surface area contributed by atoms with Crippen LogP contribution in [-0.4, -0.2) is 13.7 Å². The summed E-state index contributed by atoms with van der Waals surface area (Å²) in [7, 11) is 1.61. The zero-order valence-corrected chi connectivity index (χ0v) is 17.0. The summed E-state index contributed by atoms with van der Waals surface area (Å²) in [4.78, 5) is 0. The highest BCUT2D eigenvalue weighted by Crippen LogP contribution is 2.34. The Hall–Kier alpha value is -2.04. The summed E-state index contributed by atoms with van der Waals surface area (Å²) in [6, 6.07) is 9.93. The molecule has 150 valence electrons. The first-order valence-corrected chi connectivity index (χ1v) is 10.2. The Balaban J connectivity index is 1.55. The maximum Gasteiger partial charge on any atom is 0.163 e. The van der Waals surface area contributed by atoms with Crippen molar-refractivity contribution >= 4 is 11.6 Å². The van der Waals surface area contributed by atoms with E-state index in [1.165, 1.54) is 37.8 Å². The molecule has 0 atom stereocenters. The largest absolute Gasteiger partial charge is 0.493 e. The van der Waals surface area contributed by atoms with Crippen LogP contribution in [0.1, 0.15) is 43.2 Å². The predicted molar refractivity (Wildman–Crippen MR) is 112 cm³/mol. The van der Waals surface area contributed by atoms with Crippen LogP contribution in [0.2, 0.25) is 5.02 Å². The Morgan fingerprint density at radius 1 is 1.11 bits per heavy atom. The van der Waals surface area contributed by atoms with E-state index in [1.54, 1.807) is 30.9 Å². The van der Waals surface area contributed by atoms with Crippen molar-refractivity contribution in [2.45, 2.75) is 45.3 Å². The van der Waals surface area contributed by atoms with Crippen molar-refractivity contribution < 1.29 is 13.9 Å². The van der Waals surface area contributed by atoms with Crippen LogP contribution in [0.25, 0.3) is 0 Å². The van der Waals surface area contributed by atoms with Crippen LogP contribution < -0.4 is 14.8 Å². The van der Waals surface area contributed by atoms with Gasteiger partial charge in [-0.15, -0.1) is 0 Å². The minimum atomic E-state index is -0.263. The lowest BCUT2D eigenvalue weighted by molar-refractivity contribution is 0.284. The lowest BCUT2D eigenvalue weighted by Crippen LogP contribution is -2.16. The van der Waals surface area contributed by atoms with Gasteiger partial charge in [0.15, 0.2) is 11.5 Å². The van der Waals surface area contributed by atoms with Gasteiger partial charge in [0.05, 0.1) is 7.11 Å². The molecule has 1 N–H and O–H groups in total. The summed E-state index contributed by atoms with van der Waals surface area (Å²) in [5.74, 6) is 0.951. The average Bonchev–Trinajstić information content (AvgIpc) is 2.72. The van der Waals surface area contributed by atoms with Crippen LogP contribution in [0.3, 0.4) is 0 Å². The molecule has 0 unspecified atom stereocenters. The van der Waals surface area contributed by atoms with Crippen molar-refractivity contribution in [3.8, 4) is 11.5 Å². The SMILES string of the molecule is COc1cc(CNCCC2=CCCCC2)c(Cl)cc1OCc1ccc(F)cc1. The Morgan fingerprint density at radius 2 is 1.93 bits per heavy atom. The molecule has 3 rings (SSSR count). The van der Waals surface area contributed by atoms with Gasteiger partial charge in [0.25, 0.3) is 0 Å². The zero-order valence-electron chi connectivity index (χ0n) is 16.3. The molecule has 2 aromatic rings. The summed E-state index contributed by atoms with van der Waals surface area (Å²) < 4.78 is 24.3. The zero-order chi connectivity index (χ0) is 19.8. The Bertz CT molecular complexity index is 805. The van der Waals surface area contributed by atoms with Crippen molar-refractivity contribution in [3.05, 3.63) is 70.0 Å². The molecule has 1 aliphatic rings. The summed E-state index contributed by atoms with van der Waals surface area (Å²) >= 11 is 6.45. The van der Waals surface area contributed by atoms with Crippen LogP contribution in [-0.2, 0) is 13.2 Å². The van der Waals surface area contributed by atoms with Gasteiger partial charge in [0.1, 0.15) is 12.4 Å². The summed E-state index contributed by atoms with van der Waals surface area (Å²) in [5, 5.41) is 4.10. The monoisotopic (exact) mass is 403 g/mol. The van der Waals surface area contributed by atoms with Gasteiger partial charge in [-0.25, -0.2) is 4.39 Å². The van der Waals surface area contributed by atoms with E-state index in [4.69, 9.17) is 21.1 Å². The maximum atomic E-state index is 13.0. The van der Waals surface area contributed by atoms with Crippen molar-refractivity contribution in [2.24, 2.45) is 0 Å². The van der Waals surface area contributed by atoms with Gasteiger partial charge < -0.3 is 14.8 Å². The van der Waals surface area contributed by atoms with Crippen molar-refractivity contribution in [3.63, 3.8) is 0 Å². The van der Waals surface area contributed by atoms with E-state index < -0.39 is 0 Å². The standard InChI is InChI=1S/C23H27ClFNO2/c1-27-22-13-19(15-26-12-11-17-5-3-2-4-6-17)21(24)14-23(22)28-16-18-7-9-20(25)10-8-18/h5,7-10,13-14,26H,2-4,6,11-12,15-16H2,1H3. The predicted octanol–water partition coefficient (Wildman–Crippen LogP) is 6.05. The van der Waals surface area contributed by atoms with E-state index in [2.05, 4.69) is 11.4 Å². The maximum absolute atomic E-state index is 13.0. The van der Waals surface area contributed by atoms with Crippen molar-refractivity contribution in [2.75, 3.05) is 13.7 Å². The molecule has 0 fully saturated rings. The number of methoxy groups -OCH3 is 1. The molecular formula is C23H27ClFNO2. The van der Waals surface area contributed by atoms with Gasteiger partial charge in [-0.3, -0.25) is 0 Å². The molecule has 0 radical (unpaired) electrons. The summed E-state index contributed by atoms with van der Waals surface area (Å²) in [6.07, 6.45) is 8.56. The van der Waals surface area contributed by atoms with Crippen LogP contribution in [0, 0.1) is 5.82 Å². The quantitative estimate of drug-likeness (QED) is 0.408. The number of hydrogen-bond acceptors (Lipinski definition) is 3. The number of halogens is 2. The van der Waals surface area contributed by atoms with E-state index in [1.807, 2.05) is 6.07 Å². The molecule has 3 nitrogen and oxygen atoms in total. The molecule has 28 heavy (non-hydrogen) atoms. The molecule has 1 aliphatic carbocycles. The van der Waals surface area contributed by atoms with Gasteiger partial charge in [-0.05, 0) is 68.0 Å². The Labute approximate surface area is 171 Å². The van der Waals surface area contributed by atoms with Gasteiger partial charge in [-0.2, -0.15) is 0 Å². The first-order valence-electron chi connectivity index (χ1n) is 9.78. The van der Waals surface area contributed by atoms with Gasteiger partial charge >= 0.3 is 0 Å². The Kier molecular flexibility index (Phi) is 7.75. The Morgan fingerprint density at radius 3 is 2.64 bits per heavy atom. The molecule has 2 aromatic carbocycles. The van der Waals surface area contributed by atoms with E-state index in [9.17, 15) is 4.39 Å². The highest BCUT2D eigenvalue weighted by Gasteiger charge is 2.11. The van der Waals surface area contributed by atoms with Gasteiger partial charge in [-0.1, -0.05) is 35.4 Å². The van der Waals surface area contributed by atoms with Crippen molar-refractivity contribution in [1.82, 2.24) is 5.32 Å². The third-order valence-electron chi connectivity index (χ3n) is 4.96. The fraction of sp³-hybridized carbons (Fsp3) is 0.391. The second-order valence-electron chi connectivity index (χ2n) is 7.04. The summed E-state index contributed by atoms with van der Waals surface area (Å²) in [5.41, 5.74) is 3.42. The van der Waals surface area contributed by atoms with E-state index >= 15 is 0 Å². The lowest BCUT2D eigenvalue weighted by Gasteiger charge is -2.15. The number of allylic oxidation sites excluding steroid dienone is 1. The summed E-state index contributed by atoms with van der Waals surface area (Å²) in [6.45, 7) is 1.94. The third-order valence-corrected chi connectivity index (χ3v) is 5.32. The molecule has 5 heteroatoms. The first-order chi connectivity index (χ1) is 13.7. The molecule has 0 aromatic heterocycles.